The fourth-order valence-corrected chi connectivity index (χ4v) is 1.94. The number of benzene rings is 1. The van der Waals surface area contributed by atoms with Crippen LogP contribution in [-0.4, -0.2) is 26.0 Å². The topological polar surface area (TPSA) is 52.6 Å². The summed E-state index contributed by atoms with van der Waals surface area (Å²) in [7, 11) is 2.96. The summed E-state index contributed by atoms with van der Waals surface area (Å²) in [4.78, 5) is 23.1. The van der Waals surface area contributed by atoms with E-state index in [9.17, 15) is 9.59 Å². The second kappa shape index (κ2) is 6.92. The van der Waals surface area contributed by atoms with Gasteiger partial charge in [0.1, 0.15) is 5.75 Å². The number of ketones is 1. The van der Waals surface area contributed by atoms with Gasteiger partial charge in [-0.2, -0.15) is 0 Å². The average molecular weight is 264 g/mol. The molecule has 0 spiro atoms. The molecule has 1 aromatic rings. The van der Waals surface area contributed by atoms with Crippen molar-refractivity contribution in [1.29, 1.82) is 0 Å². The molecular formula is C15H20O4. The highest BCUT2D eigenvalue weighted by molar-refractivity contribution is 5.98. The molecule has 0 bridgehead atoms. The Morgan fingerprint density at radius 2 is 1.74 bits per heavy atom. The van der Waals surface area contributed by atoms with Crippen LogP contribution in [0.3, 0.4) is 0 Å². The molecule has 0 aromatic heterocycles. The monoisotopic (exact) mass is 264 g/mol. The number of aryl methyl sites for hydroxylation is 2. The average Bonchev–Trinajstić information content (AvgIpc) is 2.40. The van der Waals surface area contributed by atoms with Crippen molar-refractivity contribution in [2.75, 3.05) is 14.2 Å². The van der Waals surface area contributed by atoms with Crippen molar-refractivity contribution in [1.82, 2.24) is 0 Å². The van der Waals surface area contributed by atoms with Gasteiger partial charge in [-0.3, -0.25) is 9.59 Å². The number of hydrogen-bond acceptors (Lipinski definition) is 4. The zero-order valence-electron chi connectivity index (χ0n) is 11.9. The minimum absolute atomic E-state index is 0.0483. The predicted octanol–water partition coefficient (Wildman–Crippen LogP) is 2.84. The lowest BCUT2D eigenvalue weighted by Gasteiger charge is -2.10. The lowest BCUT2D eigenvalue weighted by atomic mass is 9.98. The van der Waals surface area contributed by atoms with Gasteiger partial charge in [0.25, 0.3) is 0 Å². The number of carbonyl (C=O) groups excluding carboxylic acids is 2. The van der Waals surface area contributed by atoms with Gasteiger partial charge in [0, 0.05) is 18.4 Å². The molecular weight excluding hydrogens is 244 g/mol. The zero-order chi connectivity index (χ0) is 14.4. The number of ether oxygens (including phenoxy) is 2. The molecule has 0 N–H and O–H groups in total. The van der Waals surface area contributed by atoms with E-state index >= 15 is 0 Å². The lowest BCUT2D eigenvalue weighted by molar-refractivity contribution is -0.140. The molecule has 0 unspecified atom stereocenters. The van der Waals surface area contributed by atoms with E-state index in [1.807, 2.05) is 26.0 Å². The van der Waals surface area contributed by atoms with Crippen molar-refractivity contribution >= 4 is 11.8 Å². The first-order valence-corrected chi connectivity index (χ1v) is 6.24. The molecule has 0 saturated carbocycles. The Morgan fingerprint density at radius 1 is 1.05 bits per heavy atom. The summed E-state index contributed by atoms with van der Waals surface area (Å²) in [6, 6.07) is 3.71. The second-order valence-electron chi connectivity index (χ2n) is 4.49. The summed E-state index contributed by atoms with van der Waals surface area (Å²) in [5.74, 6) is 0.547. The van der Waals surface area contributed by atoms with Crippen molar-refractivity contribution in [3.63, 3.8) is 0 Å². The number of carbonyl (C=O) groups is 2. The van der Waals surface area contributed by atoms with Crippen LogP contribution in [-0.2, 0) is 9.53 Å². The quantitative estimate of drug-likeness (QED) is 0.585. The highest BCUT2D eigenvalue weighted by Crippen LogP contribution is 2.23. The second-order valence-corrected chi connectivity index (χ2v) is 4.49. The molecule has 19 heavy (non-hydrogen) atoms. The van der Waals surface area contributed by atoms with Crippen LogP contribution in [0.2, 0.25) is 0 Å². The van der Waals surface area contributed by atoms with Gasteiger partial charge in [-0.25, -0.2) is 0 Å². The minimum atomic E-state index is -0.282. The van der Waals surface area contributed by atoms with E-state index in [0.29, 0.717) is 18.4 Å². The summed E-state index contributed by atoms with van der Waals surface area (Å²) in [5, 5.41) is 0. The minimum Gasteiger partial charge on any atom is -0.496 e. The third kappa shape index (κ3) is 4.09. The Bertz CT molecular complexity index is 477. The summed E-state index contributed by atoms with van der Waals surface area (Å²) >= 11 is 0. The lowest BCUT2D eigenvalue weighted by Crippen LogP contribution is -2.06. The maximum absolute atomic E-state index is 12.1. The molecule has 1 aromatic carbocycles. The van der Waals surface area contributed by atoms with Gasteiger partial charge in [-0.15, -0.1) is 0 Å². The van der Waals surface area contributed by atoms with Crippen molar-refractivity contribution in [3.05, 3.63) is 28.8 Å². The maximum atomic E-state index is 12.1. The molecule has 0 aliphatic rings. The summed E-state index contributed by atoms with van der Waals surface area (Å²) in [6.45, 7) is 3.79. The number of Topliss-reactive ketones (excluding diaryl/α,β-unsaturated/α-hetero) is 1. The molecule has 0 fully saturated rings. The first-order chi connectivity index (χ1) is 8.99. The smallest absolute Gasteiger partial charge is 0.305 e. The van der Waals surface area contributed by atoms with Crippen LogP contribution in [0.15, 0.2) is 12.1 Å². The fraction of sp³-hybridized carbons (Fsp3) is 0.467. The van der Waals surface area contributed by atoms with Crippen molar-refractivity contribution in [2.45, 2.75) is 33.1 Å². The van der Waals surface area contributed by atoms with E-state index in [2.05, 4.69) is 4.74 Å². The van der Waals surface area contributed by atoms with E-state index in [1.165, 1.54) is 7.11 Å². The number of rotatable bonds is 6. The molecule has 0 heterocycles. The number of esters is 1. The Hall–Kier alpha value is -1.84. The molecule has 104 valence electrons. The molecule has 4 heteroatoms. The third-order valence-corrected chi connectivity index (χ3v) is 3.05. The first kappa shape index (κ1) is 15.2. The molecule has 4 nitrogen and oxygen atoms in total. The Morgan fingerprint density at radius 3 is 2.32 bits per heavy atom. The van der Waals surface area contributed by atoms with Crippen LogP contribution in [0.25, 0.3) is 0 Å². The number of hydrogen-bond donors (Lipinski definition) is 0. The van der Waals surface area contributed by atoms with Crippen molar-refractivity contribution in [2.24, 2.45) is 0 Å². The Labute approximate surface area is 113 Å². The van der Waals surface area contributed by atoms with E-state index in [0.717, 1.165) is 16.9 Å². The third-order valence-electron chi connectivity index (χ3n) is 3.05. The normalized spacial score (nSPS) is 10.1. The molecule has 0 atom stereocenters. The van der Waals surface area contributed by atoms with E-state index in [1.54, 1.807) is 7.11 Å². The Balaban J connectivity index is 2.72. The predicted molar refractivity (Wildman–Crippen MR) is 72.7 cm³/mol. The fourth-order valence-electron chi connectivity index (χ4n) is 1.94. The van der Waals surface area contributed by atoms with E-state index in [-0.39, 0.29) is 18.2 Å². The molecule has 0 aliphatic carbocycles. The highest BCUT2D eigenvalue weighted by Gasteiger charge is 2.12. The van der Waals surface area contributed by atoms with Gasteiger partial charge in [0.15, 0.2) is 5.78 Å². The highest BCUT2D eigenvalue weighted by atomic mass is 16.5. The largest absolute Gasteiger partial charge is 0.496 e. The summed E-state index contributed by atoms with van der Waals surface area (Å²) < 4.78 is 9.76. The summed E-state index contributed by atoms with van der Waals surface area (Å²) in [6.07, 6.45) is 1.13. The SMILES string of the molecule is COC(=O)CCCC(=O)c1cc(C)c(OC)cc1C. The van der Waals surface area contributed by atoms with Gasteiger partial charge in [0.2, 0.25) is 0 Å². The maximum Gasteiger partial charge on any atom is 0.305 e. The zero-order valence-corrected chi connectivity index (χ0v) is 11.9. The van der Waals surface area contributed by atoms with Crippen LogP contribution in [0, 0.1) is 13.8 Å². The van der Waals surface area contributed by atoms with Crippen LogP contribution in [0.4, 0.5) is 0 Å². The van der Waals surface area contributed by atoms with Gasteiger partial charge >= 0.3 is 5.97 Å². The Kier molecular flexibility index (Phi) is 5.55. The van der Waals surface area contributed by atoms with E-state index in [4.69, 9.17) is 4.74 Å². The van der Waals surface area contributed by atoms with Gasteiger partial charge in [0.05, 0.1) is 14.2 Å². The van der Waals surface area contributed by atoms with Crippen molar-refractivity contribution < 1.29 is 19.1 Å². The van der Waals surface area contributed by atoms with Gasteiger partial charge in [-0.05, 0) is 43.5 Å². The molecule has 0 amide bonds. The standard InChI is InChI=1S/C15H20O4/c1-10-9-14(18-3)11(2)8-12(10)13(16)6-5-7-15(17)19-4/h8-9H,5-7H2,1-4H3. The van der Waals surface area contributed by atoms with Gasteiger partial charge < -0.3 is 9.47 Å². The van der Waals surface area contributed by atoms with Crippen LogP contribution in [0.1, 0.15) is 40.7 Å². The van der Waals surface area contributed by atoms with Gasteiger partial charge in [-0.1, -0.05) is 0 Å². The molecule has 0 radical (unpaired) electrons. The van der Waals surface area contributed by atoms with Crippen LogP contribution < -0.4 is 4.74 Å². The van der Waals surface area contributed by atoms with Crippen LogP contribution in [0.5, 0.6) is 5.75 Å². The molecule has 0 aliphatic heterocycles. The molecule has 0 saturated heterocycles. The number of methoxy groups -OCH3 is 2. The van der Waals surface area contributed by atoms with E-state index < -0.39 is 0 Å². The van der Waals surface area contributed by atoms with Crippen molar-refractivity contribution in [3.8, 4) is 5.75 Å². The molecule has 1 rings (SSSR count). The first-order valence-electron chi connectivity index (χ1n) is 6.24. The van der Waals surface area contributed by atoms with Crippen LogP contribution >= 0.6 is 0 Å². The summed E-state index contributed by atoms with van der Waals surface area (Å²) in [5.41, 5.74) is 2.53.